The summed E-state index contributed by atoms with van der Waals surface area (Å²) in [6.07, 6.45) is 9.73. The Labute approximate surface area is 303 Å². The Morgan fingerprint density at radius 3 is 2.46 bits per heavy atom. The van der Waals surface area contributed by atoms with E-state index in [9.17, 15) is 9.59 Å². The van der Waals surface area contributed by atoms with Crippen molar-refractivity contribution in [3.63, 3.8) is 0 Å². The number of ether oxygens (including phenoxy) is 1. The summed E-state index contributed by atoms with van der Waals surface area (Å²) in [6.45, 7) is 12.5. The van der Waals surface area contributed by atoms with E-state index in [1.807, 2.05) is 64.2 Å². The van der Waals surface area contributed by atoms with E-state index in [1.165, 1.54) is 25.6 Å². The van der Waals surface area contributed by atoms with E-state index in [-0.39, 0.29) is 23.7 Å². The summed E-state index contributed by atoms with van der Waals surface area (Å²) in [5.41, 5.74) is 8.62. The number of aryl methyl sites for hydroxylation is 1. The number of anilines is 2. The number of carbonyl (C=O) groups excluding carboxylic acids is 2. The number of nitrogens with one attached hydrogen (secondary N) is 2. The van der Waals surface area contributed by atoms with Gasteiger partial charge in [0.15, 0.2) is 5.65 Å². The first-order valence-corrected chi connectivity index (χ1v) is 17.7. The molecule has 52 heavy (non-hydrogen) atoms. The van der Waals surface area contributed by atoms with Gasteiger partial charge in [0, 0.05) is 36.6 Å². The lowest BCUT2D eigenvalue weighted by atomic mass is 9.83. The second kappa shape index (κ2) is 16.0. The molecule has 0 radical (unpaired) electrons. The normalized spacial score (nSPS) is 14.7. The number of benzene rings is 2. The van der Waals surface area contributed by atoms with E-state index in [4.69, 9.17) is 9.57 Å². The summed E-state index contributed by atoms with van der Waals surface area (Å²) in [6, 6.07) is 14.6. The van der Waals surface area contributed by atoms with Crippen molar-refractivity contribution >= 4 is 29.5 Å². The van der Waals surface area contributed by atoms with Crippen molar-refractivity contribution in [2.75, 3.05) is 31.6 Å². The fourth-order valence-electron chi connectivity index (χ4n) is 6.37. The highest BCUT2D eigenvalue weighted by atomic mass is 19.1. The molecule has 1 saturated heterocycles. The molecule has 5 aromatic rings. The maximum atomic E-state index is 15.9. The van der Waals surface area contributed by atoms with Crippen LogP contribution in [0.5, 0.6) is 0 Å². The SMILES string of the molecule is CC1CCC1.Cc1cc(C(C)(C)C)cc(F)c1-c1cccc(-c2cc(Nc3ccc(C(=O)N4CCOCC4)cn3)c3ncnn3c2)c1CONC=O. The van der Waals surface area contributed by atoms with Crippen molar-refractivity contribution in [2.45, 2.75) is 65.9 Å². The number of hydrogen-bond acceptors (Lipinski definition) is 8. The number of rotatable bonds is 9. The van der Waals surface area contributed by atoms with Crippen molar-refractivity contribution in [3.8, 4) is 22.3 Å². The topological polar surface area (TPSA) is 123 Å². The molecule has 272 valence electrons. The lowest BCUT2D eigenvalue weighted by Gasteiger charge is -2.26. The van der Waals surface area contributed by atoms with Crippen molar-refractivity contribution in [1.29, 1.82) is 0 Å². The molecule has 2 N–H and O–H groups in total. The minimum absolute atomic E-state index is 0.0253. The molecular weight excluding hydrogens is 661 g/mol. The number of fused-ring (bicyclic) bond motifs is 1. The monoisotopic (exact) mass is 707 g/mol. The lowest BCUT2D eigenvalue weighted by molar-refractivity contribution is -0.121. The molecule has 0 spiro atoms. The van der Waals surface area contributed by atoms with Gasteiger partial charge in [-0.1, -0.05) is 71.2 Å². The molecule has 0 unspecified atom stereocenters. The van der Waals surface area contributed by atoms with E-state index in [0.717, 1.165) is 28.2 Å². The van der Waals surface area contributed by atoms with Crippen LogP contribution in [0, 0.1) is 18.7 Å². The van der Waals surface area contributed by atoms with Gasteiger partial charge in [0.1, 0.15) is 24.6 Å². The highest BCUT2D eigenvalue weighted by Gasteiger charge is 2.23. The molecule has 4 heterocycles. The molecule has 1 aliphatic carbocycles. The molecule has 1 saturated carbocycles. The first kappa shape index (κ1) is 36.6. The number of aromatic nitrogens is 4. The third-order valence-corrected chi connectivity index (χ3v) is 9.60. The molecular formula is C40H46FN7O4. The lowest BCUT2D eigenvalue weighted by Crippen LogP contribution is -2.40. The van der Waals surface area contributed by atoms with Crippen LogP contribution in [0.1, 0.15) is 74.0 Å². The van der Waals surface area contributed by atoms with E-state index in [1.54, 1.807) is 33.8 Å². The van der Waals surface area contributed by atoms with Crippen LogP contribution in [-0.2, 0) is 26.4 Å². The molecule has 0 bridgehead atoms. The van der Waals surface area contributed by atoms with E-state index < -0.39 is 0 Å². The van der Waals surface area contributed by atoms with Crippen LogP contribution in [0.25, 0.3) is 27.9 Å². The first-order chi connectivity index (χ1) is 25.0. The fourth-order valence-corrected chi connectivity index (χ4v) is 6.37. The van der Waals surface area contributed by atoms with Crippen LogP contribution in [0.15, 0.2) is 67.3 Å². The number of hydroxylamine groups is 1. The van der Waals surface area contributed by atoms with Crippen LogP contribution in [0.2, 0.25) is 0 Å². The highest BCUT2D eigenvalue weighted by Crippen LogP contribution is 2.39. The Bertz CT molecular complexity index is 2010. The minimum atomic E-state index is -0.340. The Morgan fingerprint density at radius 2 is 1.83 bits per heavy atom. The van der Waals surface area contributed by atoms with Crippen molar-refractivity contribution in [1.82, 2.24) is 30.0 Å². The first-order valence-electron chi connectivity index (χ1n) is 17.7. The average Bonchev–Trinajstić information content (AvgIpc) is 3.61. The zero-order valence-electron chi connectivity index (χ0n) is 30.4. The van der Waals surface area contributed by atoms with Gasteiger partial charge in [-0.25, -0.2) is 24.4 Å². The second-order valence-corrected chi connectivity index (χ2v) is 14.4. The number of pyridine rings is 2. The number of carbonyl (C=O) groups is 2. The number of hydrogen-bond donors (Lipinski definition) is 2. The zero-order valence-corrected chi connectivity index (χ0v) is 30.4. The molecule has 2 aliphatic rings. The third-order valence-electron chi connectivity index (χ3n) is 9.60. The van der Waals surface area contributed by atoms with Crippen LogP contribution >= 0.6 is 0 Å². The maximum Gasteiger partial charge on any atom is 0.255 e. The van der Waals surface area contributed by atoms with Gasteiger partial charge in [-0.3, -0.25) is 14.4 Å². The van der Waals surface area contributed by atoms with Gasteiger partial charge in [-0.05, 0) is 70.3 Å². The smallest absolute Gasteiger partial charge is 0.255 e. The summed E-state index contributed by atoms with van der Waals surface area (Å²) in [5, 5.41) is 7.69. The molecule has 0 atom stereocenters. The van der Waals surface area contributed by atoms with Crippen molar-refractivity contribution in [2.24, 2.45) is 5.92 Å². The van der Waals surface area contributed by atoms with Crippen molar-refractivity contribution < 1.29 is 23.6 Å². The molecule has 2 amide bonds. The second-order valence-electron chi connectivity index (χ2n) is 14.4. The number of nitrogens with zero attached hydrogens (tertiary/aromatic N) is 5. The Hall–Kier alpha value is -5.20. The number of amides is 2. The molecule has 3 aromatic heterocycles. The molecule has 11 nitrogen and oxygen atoms in total. The van der Waals surface area contributed by atoms with E-state index in [2.05, 4.69) is 32.8 Å². The van der Waals surface area contributed by atoms with Crippen LogP contribution in [0.3, 0.4) is 0 Å². The predicted molar refractivity (Wildman–Crippen MR) is 198 cm³/mol. The highest BCUT2D eigenvalue weighted by molar-refractivity contribution is 5.94. The third kappa shape index (κ3) is 8.29. The molecule has 1 aliphatic heterocycles. The van der Waals surface area contributed by atoms with Gasteiger partial charge < -0.3 is 15.0 Å². The zero-order chi connectivity index (χ0) is 36.8. The molecule has 12 heteroatoms. The summed E-state index contributed by atoms with van der Waals surface area (Å²) in [4.78, 5) is 40.1. The summed E-state index contributed by atoms with van der Waals surface area (Å²) in [7, 11) is 0. The van der Waals surface area contributed by atoms with Gasteiger partial charge in [-0.2, -0.15) is 5.10 Å². The summed E-state index contributed by atoms with van der Waals surface area (Å²) < 4.78 is 22.9. The van der Waals surface area contributed by atoms with Gasteiger partial charge in [-0.15, -0.1) is 0 Å². The quantitative estimate of drug-likeness (QED) is 0.0923. The minimum Gasteiger partial charge on any atom is -0.378 e. The Balaban J connectivity index is 0.000000856. The average molecular weight is 708 g/mol. The van der Waals surface area contributed by atoms with Gasteiger partial charge in [0.2, 0.25) is 6.41 Å². The standard InChI is InChI=1S/C35H36FN7O4.C5H10/c1-22-14-25(35(2,3)4)16-29(36)32(22)27-7-5-6-26(28(27)19-47-40-21-44)24-15-30(33-38-20-39-43(33)18-24)41-31-9-8-23(17-37-31)34(45)42-10-12-46-13-11-42;1-5-3-2-4-5/h5-9,14-18,20-21H,10-13,19H2,1-4H3,(H,37,41)(H,40,44);5H,2-4H2,1H3. The number of halogens is 1. The van der Waals surface area contributed by atoms with Crippen LogP contribution in [0.4, 0.5) is 15.9 Å². The van der Waals surface area contributed by atoms with Crippen LogP contribution in [-0.4, -0.2) is 63.1 Å². The maximum absolute atomic E-state index is 15.9. The van der Waals surface area contributed by atoms with Gasteiger partial charge in [0.25, 0.3) is 5.91 Å². The Kier molecular flexibility index (Phi) is 11.3. The predicted octanol–water partition coefficient (Wildman–Crippen LogP) is 7.40. The van der Waals surface area contributed by atoms with Gasteiger partial charge in [0.05, 0.1) is 24.5 Å². The summed E-state index contributed by atoms with van der Waals surface area (Å²) >= 11 is 0. The molecule has 2 fully saturated rings. The molecule has 7 rings (SSSR count). The van der Waals surface area contributed by atoms with Gasteiger partial charge >= 0.3 is 0 Å². The summed E-state index contributed by atoms with van der Waals surface area (Å²) in [5.74, 6) is 1.14. The molecule has 2 aromatic carbocycles. The number of morpholine rings is 1. The largest absolute Gasteiger partial charge is 0.378 e. The fraction of sp³-hybridized carbons (Fsp3) is 0.375. The van der Waals surface area contributed by atoms with E-state index >= 15 is 4.39 Å². The van der Waals surface area contributed by atoms with Crippen molar-refractivity contribution in [3.05, 3.63) is 95.3 Å². The van der Waals surface area contributed by atoms with E-state index in [0.29, 0.717) is 72.1 Å². The van der Waals surface area contributed by atoms with Crippen LogP contribution < -0.4 is 10.8 Å². The Morgan fingerprint density at radius 1 is 1.08 bits per heavy atom.